The van der Waals surface area contributed by atoms with E-state index in [1.54, 1.807) is 0 Å². The molecule has 0 atom stereocenters. The molecule has 12 aromatic rings. The molecule has 5 heteroatoms. The van der Waals surface area contributed by atoms with Crippen molar-refractivity contribution in [1.29, 1.82) is 0 Å². The lowest BCUT2D eigenvalue weighted by atomic mass is 9.98. The number of thiophene rings is 3. The van der Waals surface area contributed by atoms with Gasteiger partial charge in [0, 0.05) is 79.0 Å². The Balaban J connectivity index is 1.11. The minimum Gasteiger partial charge on any atom is -0.352 e. The van der Waals surface area contributed by atoms with E-state index in [1.807, 2.05) is 34.0 Å². The Kier molecular flexibility index (Phi) is 5.18. The van der Waals surface area contributed by atoms with Gasteiger partial charge in [0.15, 0.2) is 0 Å². The van der Waals surface area contributed by atoms with Gasteiger partial charge in [-0.3, -0.25) is 0 Å². The van der Waals surface area contributed by atoms with Gasteiger partial charge in [0.25, 0.3) is 0 Å². The first-order valence-electron chi connectivity index (χ1n) is 16.5. The highest BCUT2D eigenvalue weighted by atomic mass is 32.1. The van der Waals surface area contributed by atoms with E-state index in [0.29, 0.717) is 0 Å². The van der Waals surface area contributed by atoms with Gasteiger partial charge in [-0.2, -0.15) is 0 Å². The smallest absolute Gasteiger partial charge is 0.0653 e. The molecule has 2 nitrogen and oxygen atoms in total. The fraction of sp³-hybridized carbons (Fsp3) is 0. The molecule has 0 bridgehead atoms. The van der Waals surface area contributed by atoms with Crippen LogP contribution in [0.4, 0.5) is 17.1 Å². The molecule has 0 aliphatic rings. The number of H-pyrrole nitrogens is 1. The second-order valence-corrected chi connectivity index (χ2v) is 16.2. The Hall–Kier alpha value is -5.46. The van der Waals surface area contributed by atoms with Crippen LogP contribution < -0.4 is 4.90 Å². The van der Waals surface area contributed by atoms with Crippen molar-refractivity contribution in [2.24, 2.45) is 0 Å². The molecule has 0 aliphatic carbocycles. The number of benzene rings is 8. The van der Waals surface area contributed by atoms with Crippen LogP contribution in [-0.2, 0) is 0 Å². The summed E-state index contributed by atoms with van der Waals surface area (Å²) in [6.07, 6.45) is 0. The molecule has 8 aromatic carbocycles. The van der Waals surface area contributed by atoms with Gasteiger partial charge >= 0.3 is 0 Å². The van der Waals surface area contributed by atoms with Gasteiger partial charge in [0.1, 0.15) is 0 Å². The number of aromatic amines is 1. The van der Waals surface area contributed by atoms with Crippen LogP contribution in [0.15, 0.2) is 140 Å². The van der Waals surface area contributed by atoms with Crippen molar-refractivity contribution >= 4 is 144 Å². The van der Waals surface area contributed by atoms with Crippen LogP contribution in [0, 0.1) is 0 Å². The highest BCUT2D eigenvalue weighted by molar-refractivity contribution is 7.27. The predicted octanol–water partition coefficient (Wildman–Crippen LogP) is 14.5. The maximum absolute atomic E-state index is 4.00. The molecular formula is C44H24N2S3. The second-order valence-electron chi connectivity index (χ2n) is 13.0. The zero-order valence-electron chi connectivity index (χ0n) is 26.0. The van der Waals surface area contributed by atoms with Gasteiger partial charge in [-0.25, -0.2) is 0 Å². The summed E-state index contributed by atoms with van der Waals surface area (Å²) in [5.74, 6) is 0. The Bertz CT molecular complexity index is 3290. The fourth-order valence-electron chi connectivity index (χ4n) is 8.16. The number of aromatic nitrogens is 1. The standard InChI is InChI=1S/C44H24N2S3/c1-2-8-26(9-3-1)46(27-16-18-37-31(22-27)29-10-4-6-12-35(29)47-37)28-17-19-38-32(23-28)34-21-25-15-14-24-20-33-30-11-5-7-13-36(30)48-43(33)41-39(24)40(25)42(45-41)44(34)49-38/h1-23,45H. The van der Waals surface area contributed by atoms with Gasteiger partial charge in [-0.1, -0.05) is 66.7 Å². The molecule has 228 valence electrons. The molecule has 12 rings (SSSR count). The maximum Gasteiger partial charge on any atom is 0.0653 e. The Morgan fingerprint density at radius 2 is 0.857 bits per heavy atom. The molecule has 0 saturated heterocycles. The van der Waals surface area contributed by atoms with Crippen LogP contribution >= 0.6 is 34.0 Å². The van der Waals surface area contributed by atoms with Crippen molar-refractivity contribution in [2.45, 2.75) is 0 Å². The molecule has 0 unspecified atom stereocenters. The number of hydrogen-bond acceptors (Lipinski definition) is 4. The molecule has 0 aliphatic heterocycles. The average molecular weight is 677 g/mol. The van der Waals surface area contributed by atoms with E-state index < -0.39 is 0 Å². The normalized spacial score (nSPS) is 12.5. The summed E-state index contributed by atoms with van der Waals surface area (Å²) in [6, 6.07) is 51.7. The van der Waals surface area contributed by atoms with E-state index in [-0.39, 0.29) is 0 Å². The van der Waals surface area contributed by atoms with Crippen LogP contribution in [0.5, 0.6) is 0 Å². The summed E-state index contributed by atoms with van der Waals surface area (Å²) in [5.41, 5.74) is 6.00. The van der Waals surface area contributed by atoms with E-state index >= 15 is 0 Å². The van der Waals surface area contributed by atoms with Gasteiger partial charge in [0.2, 0.25) is 0 Å². The van der Waals surface area contributed by atoms with Crippen molar-refractivity contribution < 1.29 is 0 Å². The van der Waals surface area contributed by atoms with E-state index in [9.17, 15) is 0 Å². The third-order valence-electron chi connectivity index (χ3n) is 10.3. The van der Waals surface area contributed by atoms with Crippen LogP contribution in [0.2, 0.25) is 0 Å². The predicted molar refractivity (Wildman–Crippen MR) is 218 cm³/mol. The summed E-state index contributed by atoms with van der Waals surface area (Å²) in [4.78, 5) is 6.40. The van der Waals surface area contributed by atoms with Crippen molar-refractivity contribution in [3.8, 4) is 0 Å². The van der Waals surface area contributed by atoms with E-state index in [1.165, 1.54) is 93.1 Å². The van der Waals surface area contributed by atoms with Crippen molar-refractivity contribution in [2.75, 3.05) is 4.90 Å². The molecule has 0 spiro atoms. The molecule has 4 aromatic heterocycles. The van der Waals surface area contributed by atoms with Gasteiger partial charge in [-0.15, -0.1) is 34.0 Å². The minimum absolute atomic E-state index is 1.15. The molecule has 49 heavy (non-hydrogen) atoms. The van der Waals surface area contributed by atoms with Gasteiger partial charge in [0.05, 0.1) is 20.4 Å². The third-order valence-corrected chi connectivity index (χ3v) is 13.9. The summed E-state index contributed by atoms with van der Waals surface area (Å²) < 4.78 is 7.97. The minimum atomic E-state index is 1.15. The summed E-state index contributed by atoms with van der Waals surface area (Å²) >= 11 is 5.67. The number of fused-ring (bicyclic) bond motifs is 11. The van der Waals surface area contributed by atoms with Crippen molar-refractivity contribution in [3.05, 3.63) is 140 Å². The number of hydrogen-bond donors (Lipinski definition) is 1. The number of nitrogens with zero attached hydrogens (tertiary/aromatic N) is 1. The largest absolute Gasteiger partial charge is 0.352 e. The summed E-state index contributed by atoms with van der Waals surface area (Å²) in [7, 11) is 0. The lowest BCUT2D eigenvalue weighted by Gasteiger charge is -2.25. The van der Waals surface area contributed by atoms with Crippen LogP contribution in [0.3, 0.4) is 0 Å². The van der Waals surface area contributed by atoms with Gasteiger partial charge in [-0.05, 0) is 83.6 Å². The SMILES string of the molecule is c1ccc(N(c2ccc3sc4ccccc4c3c2)c2ccc3sc4c(cc5ccc6cc7c8ccccc8sc7c7[nH]c4c5c67)c3c2)cc1. The highest BCUT2D eigenvalue weighted by Crippen LogP contribution is 2.49. The topological polar surface area (TPSA) is 19.0 Å². The Morgan fingerprint density at radius 1 is 0.367 bits per heavy atom. The Labute approximate surface area is 292 Å². The number of nitrogens with one attached hydrogen (secondary N) is 1. The molecule has 0 radical (unpaired) electrons. The molecule has 0 fully saturated rings. The zero-order valence-corrected chi connectivity index (χ0v) is 28.4. The van der Waals surface area contributed by atoms with Crippen LogP contribution in [0.1, 0.15) is 0 Å². The second kappa shape index (κ2) is 9.58. The van der Waals surface area contributed by atoms with E-state index in [2.05, 4.69) is 149 Å². The molecular weight excluding hydrogens is 653 g/mol. The maximum atomic E-state index is 4.00. The summed E-state index contributed by atoms with van der Waals surface area (Å²) in [5, 5.41) is 13.2. The van der Waals surface area contributed by atoms with Crippen LogP contribution in [-0.4, -0.2) is 4.98 Å². The summed E-state index contributed by atoms with van der Waals surface area (Å²) in [6.45, 7) is 0. The zero-order chi connectivity index (χ0) is 31.8. The third kappa shape index (κ3) is 3.59. The number of anilines is 3. The molecule has 1 N–H and O–H groups in total. The van der Waals surface area contributed by atoms with Crippen molar-refractivity contribution in [3.63, 3.8) is 0 Å². The average Bonchev–Trinajstić information content (AvgIpc) is 3.92. The lowest BCUT2D eigenvalue weighted by Crippen LogP contribution is -2.09. The van der Waals surface area contributed by atoms with E-state index in [0.717, 1.165) is 17.1 Å². The first-order valence-corrected chi connectivity index (χ1v) is 19.0. The Morgan fingerprint density at radius 3 is 1.51 bits per heavy atom. The molecule has 4 heterocycles. The fourth-order valence-corrected chi connectivity index (χ4v) is 11.6. The first kappa shape index (κ1) is 26.5. The van der Waals surface area contributed by atoms with Crippen molar-refractivity contribution in [1.82, 2.24) is 4.98 Å². The molecule has 0 amide bonds. The monoisotopic (exact) mass is 676 g/mol. The molecule has 0 saturated carbocycles. The van der Waals surface area contributed by atoms with Crippen LogP contribution in [0.25, 0.3) is 93.1 Å². The first-order chi connectivity index (χ1) is 24.3. The van der Waals surface area contributed by atoms with E-state index in [4.69, 9.17) is 0 Å². The number of para-hydroxylation sites is 1. The van der Waals surface area contributed by atoms with Gasteiger partial charge < -0.3 is 9.88 Å². The quantitative estimate of drug-likeness (QED) is 0.185. The number of rotatable bonds is 3. The lowest BCUT2D eigenvalue weighted by molar-refractivity contribution is 1.30. The highest BCUT2D eigenvalue weighted by Gasteiger charge is 2.21.